The summed E-state index contributed by atoms with van der Waals surface area (Å²) < 4.78 is 5.78. The lowest BCUT2D eigenvalue weighted by atomic mass is 10.1. The lowest BCUT2D eigenvalue weighted by Crippen LogP contribution is -2.48. The van der Waals surface area contributed by atoms with E-state index in [9.17, 15) is 9.59 Å². The van der Waals surface area contributed by atoms with Crippen molar-refractivity contribution in [3.8, 4) is 0 Å². The fourth-order valence-corrected chi connectivity index (χ4v) is 2.24. The second-order valence-corrected chi connectivity index (χ2v) is 4.78. The number of carboxylic acid groups (broad SMARTS) is 1. The third-order valence-corrected chi connectivity index (χ3v) is 3.42. The summed E-state index contributed by atoms with van der Waals surface area (Å²) in [6.45, 7) is 0.729. The molecule has 1 aromatic rings. The Balaban J connectivity index is 2.14. The van der Waals surface area contributed by atoms with Gasteiger partial charge in [0.05, 0.1) is 18.7 Å². The Morgan fingerprint density at radius 2 is 2.11 bits per heavy atom. The second-order valence-electron chi connectivity index (χ2n) is 3.93. The van der Waals surface area contributed by atoms with E-state index in [0.717, 1.165) is 0 Å². The normalized spacial score (nSPS) is 19.6. The smallest absolute Gasteiger partial charge is 0.334 e. The molecule has 6 heteroatoms. The van der Waals surface area contributed by atoms with Crippen LogP contribution in [0.3, 0.4) is 0 Å². The molecule has 96 valence electrons. The molecule has 1 aliphatic rings. The molecule has 18 heavy (non-hydrogen) atoms. The predicted molar refractivity (Wildman–Crippen MR) is 67.4 cm³/mol. The van der Waals surface area contributed by atoms with E-state index < -0.39 is 12.1 Å². The van der Waals surface area contributed by atoms with Crippen molar-refractivity contribution in [1.29, 1.82) is 0 Å². The molecule has 0 bridgehead atoms. The van der Waals surface area contributed by atoms with Crippen LogP contribution in [0.5, 0.6) is 0 Å². The Labute approximate surface area is 112 Å². The zero-order chi connectivity index (χ0) is 13.1. The third-order valence-electron chi connectivity index (χ3n) is 2.73. The standard InChI is InChI=1S/C12H12BrNO4/c13-9-4-2-1-3-8(9)11(15)14-5-6-18-10(7-14)12(16)17/h1-4,10H,5-7H2,(H,16,17). The highest BCUT2D eigenvalue weighted by molar-refractivity contribution is 9.10. The molecule has 2 rings (SSSR count). The van der Waals surface area contributed by atoms with Crippen LogP contribution in [-0.4, -0.2) is 47.7 Å². The zero-order valence-corrected chi connectivity index (χ0v) is 11.1. The van der Waals surface area contributed by atoms with Crippen LogP contribution >= 0.6 is 15.9 Å². The van der Waals surface area contributed by atoms with Crippen LogP contribution in [0.4, 0.5) is 0 Å². The fraction of sp³-hybridized carbons (Fsp3) is 0.333. The second kappa shape index (κ2) is 5.49. The molecule has 1 aromatic carbocycles. The Hall–Kier alpha value is -1.40. The highest BCUT2D eigenvalue weighted by Crippen LogP contribution is 2.19. The number of rotatable bonds is 2. The van der Waals surface area contributed by atoms with Gasteiger partial charge >= 0.3 is 5.97 Å². The van der Waals surface area contributed by atoms with E-state index in [2.05, 4.69) is 15.9 Å². The molecular weight excluding hydrogens is 302 g/mol. The number of morpholine rings is 1. The summed E-state index contributed by atoms with van der Waals surface area (Å²) in [5.41, 5.74) is 0.531. The number of carbonyl (C=O) groups excluding carboxylic acids is 1. The van der Waals surface area contributed by atoms with Crippen molar-refractivity contribution < 1.29 is 19.4 Å². The first-order chi connectivity index (χ1) is 8.59. The molecule has 0 aromatic heterocycles. The van der Waals surface area contributed by atoms with Crippen LogP contribution in [0.15, 0.2) is 28.7 Å². The maximum atomic E-state index is 12.2. The summed E-state index contributed by atoms with van der Waals surface area (Å²) in [6, 6.07) is 7.08. The third kappa shape index (κ3) is 2.70. The van der Waals surface area contributed by atoms with E-state index in [1.807, 2.05) is 6.07 Å². The minimum Gasteiger partial charge on any atom is -0.479 e. The Morgan fingerprint density at radius 1 is 1.39 bits per heavy atom. The summed E-state index contributed by atoms with van der Waals surface area (Å²) >= 11 is 3.31. The Bertz CT molecular complexity index is 477. The number of carboxylic acids is 1. The van der Waals surface area contributed by atoms with Gasteiger partial charge in [-0.15, -0.1) is 0 Å². The lowest BCUT2D eigenvalue weighted by molar-refractivity contribution is -0.154. The van der Waals surface area contributed by atoms with E-state index in [1.54, 1.807) is 18.2 Å². The number of halogens is 1. The highest BCUT2D eigenvalue weighted by atomic mass is 79.9. The first kappa shape index (κ1) is 13.0. The van der Waals surface area contributed by atoms with E-state index in [4.69, 9.17) is 9.84 Å². The molecule has 1 saturated heterocycles. The van der Waals surface area contributed by atoms with Crippen LogP contribution in [0.2, 0.25) is 0 Å². The van der Waals surface area contributed by atoms with Crippen LogP contribution in [-0.2, 0) is 9.53 Å². The van der Waals surface area contributed by atoms with Crippen molar-refractivity contribution in [3.63, 3.8) is 0 Å². The molecular formula is C12H12BrNO4. The maximum Gasteiger partial charge on any atom is 0.334 e. The number of hydrogen-bond donors (Lipinski definition) is 1. The van der Waals surface area contributed by atoms with Crippen molar-refractivity contribution >= 4 is 27.8 Å². The fourth-order valence-electron chi connectivity index (χ4n) is 1.79. The van der Waals surface area contributed by atoms with Gasteiger partial charge in [0, 0.05) is 11.0 Å². The van der Waals surface area contributed by atoms with E-state index in [0.29, 0.717) is 16.6 Å². The zero-order valence-electron chi connectivity index (χ0n) is 9.51. The summed E-state index contributed by atoms with van der Waals surface area (Å²) in [6.07, 6.45) is -0.940. The monoisotopic (exact) mass is 313 g/mol. The van der Waals surface area contributed by atoms with Gasteiger partial charge in [0.25, 0.3) is 5.91 Å². The van der Waals surface area contributed by atoms with Crippen molar-refractivity contribution in [2.75, 3.05) is 19.7 Å². The van der Waals surface area contributed by atoms with Crippen LogP contribution < -0.4 is 0 Å². The molecule has 0 aliphatic carbocycles. The lowest BCUT2D eigenvalue weighted by Gasteiger charge is -2.31. The van der Waals surface area contributed by atoms with Gasteiger partial charge in [0.15, 0.2) is 6.10 Å². The SMILES string of the molecule is O=C(O)C1CN(C(=O)c2ccccc2Br)CCO1. The molecule has 1 N–H and O–H groups in total. The molecule has 1 unspecified atom stereocenters. The van der Waals surface area contributed by atoms with Crippen LogP contribution in [0.1, 0.15) is 10.4 Å². The molecule has 1 amide bonds. The topological polar surface area (TPSA) is 66.8 Å². The molecule has 1 heterocycles. The first-order valence-electron chi connectivity index (χ1n) is 5.48. The quantitative estimate of drug-likeness (QED) is 0.895. The molecule has 0 spiro atoms. The number of nitrogens with zero attached hydrogens (tertiary/aromatic N) is 1. The van der Waals surface area contributed by atoms with Crippen molar-refractivity contribution in [3.05, 3.63) is 34.3 Å². The Morgan fingerprint density at radius 3 is 2.78 bits per heavy atom. The van der Waals surface area contributed by atoms with Gasteiger partial charge in [0.1, 0.15) is 0 Å². The summed E-state index contributed by atoms with van der Waals surface area (Å²) in [5.74, 6) is -1.23. The molecule has 0 saturated carbocycles. The number of aliphatic carboxylic acids is 1. The average molecular weight is 314 g/mol. The predicted octanol–water partition coefficient (Wildman–Crippen LogP) is 1.37. The van der Waals surface area contributed by atoms with Gasteiger partial charge in [-0.25, -0.2) is 4.79 Å². The Kier molecular flexibility index (Phi) is 3.98. The van der Waals surface area contributed by atoms with Crippen molar-refractivity contribution in [2.24, 2.45) is 0 Å². The van der Waals surface area contributed by atoms with E-state index >= 15 is 0 Å². The van der Waals surface area contributed by atoms with Crippen molar-refractivity contribution in [1.82, 2.24) is 4.90 Å². The number of carbonyl (C=O) groups is 2. The van der Waals surface area contributed by atoms with Gasteiger partial charge in [-0.3, -0.25) is 4.79 Å². The number of hydrogen-bond acceptors (Lipinski definition) is 3. The van der Waals surface area contributed by atoms with Crippen molar-refractivity contribution in [2.45, 2.75) is 6.10 Å². The van der Waals surface area contributed by atoms with Crippen LogP contribution in [0.25, 0.3) is 0 Å². The molecule has 1 atom stereocenters. The van der Waals surface area contributed by atoms with Gasteiger partial charge < -0.3 is 14.7 Å². The molecule has 1 fully saturated rings. The molecule has 5 nitrogen and oxygen atoms in total. The van der Waals surface area contributed by atoms with Crippen LogP contribution in [0, 0.1) is 0 Å². The van der Waals surface area contributed by atoms with E-state index in [-0.39, 0.29) is 19.1 Å². The number of benzene rings is 1. The number of amides is 1. The summed E-state index contributed by atoms with van der Waals surface area (Å²) in [5, 5.41) is 8.89. The van der Waals surface area contributed by atoms with Gasteiger partial charge in [-0.2, -0.15) is 0 Å². The van der Waals surface area contributed by atoms with Gasteiger partial charge in [-0.05, 0) is 28.1 Å². The molecule has 1 aliphatic heterocycles. The summed E-state index contributed by atoms with van der Waals surface area (Å²) in [7, 11) is 0. The minimum atomic E-state index is -1.04. The highest BCUT2D eigenvalue weighted by Gasteiger charge is 2.29. The van der Waals surface area contributed by atoms with E-state index in [1.165, 1.54) is 4.90 Å². The maximum absolute atomic E-state index is 12.2. The molecule has 0 radical (unpaired) electrons. The first-order valence-corrected chi connectivity index (χ1v) is 6.27. The largest absolute Gasteiger partial charge is 0.479 e. The summed E-state index contributed by atoms with van der Waals surface area (Å²) in [4.78, 5) is 24.6. The van der Waals surface area contributed by atoms with Gasteiger partial charge in [-0.1, -0.05) is 12.1 Å². The average Bonchev–Trinajstić information content (AvgIpc) is 2.38. The number of ether oxygens (including phenoxy) is 1. The van der Waals surface area contributed by atoms with Gasteiger partial charge in [0.2, 0.25) is 0 Å². The minimum absolute atomic E-state index is 0.0789.